The van der Waals surface area contributed by atoms with Crippen LogP contribution in [-0.2, 0) is 16.1 Å². The highest BCUT2D eigenvalue weighted by Gasteiger charge is 2.15. The summed E-state index contributed by atoms with van der Waals surface area (Å²) in [4.78, 5) is 11.3. The molecule has 1 N–H and O–H groups in total. The normalized spacial score (nSPS) is 12.4. The molecule has 0 aliphatic rings. The highest BCUT2D eigenvalue weighted by Crippen LogP contribution is 2.26. The highest BCUT2D eigenvalue weighted by molar-refractivity contribution is 5.73. The van der Waals surface area contributed by atoms with Gasteiger partial charge in [0.05, 0.1) is 0 Å². The van der Waals surface area contributed by atoms with Crippen LogP contribution >= 0.6 is 0 Å². The fourth-order valence-electron chi connectivity index (χ4n) is 2.06. The first kappa shape index (κ1) is 14.7. The van der Waals surface area contributed by atoms with Crippen LogP contribution in [0.5, 0.6) is 0 Å². The number of carbonyl (C=O) groups is 1. The van der Waals surface area contributed by atoms with Gasteiger partial charge in [-0.05, 0) is 74.9 Å². The van der Waals surface area contributed by atoms with Crippen molar-refractivity contribution in [2.75, 3.05) is 0 Å². The molecule has 3 heteroatoms. The molecule has 18 heavy (non-hydrogen) atoms. The summed E-state index contributed by atoms with van der Waals surface area (Å²) in [7, 11) is 0. The van der Waals surface area contributed by atoms with Crippen molar-refractivity contribution < 1.29 is 14.6 Å². The topological polar surface area (TPSA) is 46.5 Å². The van der Waals surface area contributed by atoms with Gasteiger partial charge in [0.25, 0.3) is 0 Å². The Bertz CT molecular complexity index is 444. The molecule has 1 aromatic rings. The average Bonchev–Trinajstić information content (AvgIpc) is 2.33. The van der Waals surface area contributed by atoms with Gasteiger partial charge in [0.1, 0.15) is 12.7 Å². The number of aliphatic hydroxyl groups is 1. The molecule has 0 fully saturated rings. The van der Waals surface area contributed by atoms with Crippen LogP contribution in [0.4, 0.5) is 0 Å². The zero-order valence-corrected chi connectivity index (χ0v) is 12.0. The number of aliphatic hydroxyl groups excluding tert-OH is 1. The highest BCUT2D eigenvalue weighted by atomic mass is 16.5. The Morgan fingerprint density at radius 3 is 1.78 bits per heavy atom. The van der Waals surface area contributed by atoms with Gasteiger partial charge < -0.3 is 9.84 Å². The van der Waals surface area contributed by atoms with Crippen LogP contribution in [0.15, 0.2) is 0 Å². The summed E-state index contributed by atoms with van der Waals surface area (Å²) in [6.07, 6.45) is -1.07. The fourth-order valence-corrected chi connectivity index (χ4v) is 2.06. The first-order valence-electron chi connectivity index (χ1n) is 6.17. The zero-order valence-electron chi connectivity index (χ0n) is 12.0. The van der Waals surface area contributed by atoms with Crippen molar-refractivity contribution >= 4 is 5.97 Å². The van der Waals surface area contributed by atoms with E-state index >= 15 is 0 Å². The van der Waals surface area contributed by atoms with E-state index in [0.717, 1.165) is 16.7 Å². The Hall–Kier alpha value is -1.35. The molecule has 1 atom stereocenters. The number of esters is 1. The first-order valence-corrected chi connectivity index (χ1v) is 6.17. The van der Waals surface area contributed by atoms with Crippen LogP contribution in [0.1, 0.15) is 40.3 Å². The van der Waals surface area contributed by atoms with E-state index in [2.05, 4.69) is 20.8 Å². The summed E-state index contributed by atoms with van der Waals surface area (Å²) in [6.45, 7) is 12.0. The zero-order chi connectivity index (χ0) is 14.0. The second kappa shape index (κ2) is 5.53. The lowest BCUT2D eigenvalue weighted by atomic mass is 9.90. The average molecular weight is 250 g/mol. The smallest absolute Gasteiger partial charge is 0.334 e. The Morgan fingerprint density at radius 2 is 1.39 bits per heavy atom. The molecule has 0 bridgehead atoms. The molecule has 0 aliphatic heterocycles. The summed E-state index contributed by atoms with van der Waals surface area (Å²) >= 11 is 0. The van der Waals surface area contributed by atoms with Crippen molar-refractivity contribution in [3.8, 4) is 0 Å². The number of hydrogen-bond acceptors (Lipinski definition) is 3. The number of ether oxygens (including phenoxy) is 1. The Kier molecular flexibility index (Phi) is 4.52. The summed E-state index contributed by atoms with van der Waals surface area (Å²) < 4.78 is 5.11. The maximum atomic E-state index is 11.3. The SMILES string of the molecule is Cc1c(C)c(C)c(COC(=O)[C@H](C)O)c(C)c1C. The second-order valence-electron chi connectivity index (χ2n) is 4.89. The maximum Gasteiger partial charge on any atom is 0.334 e. The lowest BCUT2D eigenvalue weighted by Crippen LogP contribution is -2.19. The van der Waals surface area contributed by atoms with Gasteiger partial charge >= 0.3 is 5.97 Å². The third kappa shape index (κ3) is 2.72. The van der Waals surface area contributed by atoms with Crippen LogP contribution in [0.2, 0.25) is 0 Å². The molecular weight excluding hydrogens is 228 g/mol. The Morgan fingerprint density at radius 1 is 1.00 bits per heavy atom. The maximum absolute atomic E-state index is 11.3. The third-order valence-corrected chi connectivity index (χ3v) is 3.86. The van der Waals surface area contributed by atoms with Gasteiger partial charge in [-0.3, -0.25) is 0 Å². The minimum absolute atomic E-state index is 0.226. The van der Waals surface area contributed by atoms with Gasteiger partial charge in [0, 0.05) is 0 Å². The lowest BCUT2D eigenvalue weighted by molar-refractivity contribution is -0.153. The van der Waals surface area contributed by atoms with E-state index in [9.17, 15) is 4.79 Å². The lowest BCUT2D eigenvalue weighted by Gasteiger charge is -2.18. The van der Waals surface area contributed by atoms with E-state index in [1.165, 1.54) is 23.6 Å². The van der Waals surface area contributed by atoms with Crippen LogP contribution in [0.25, 0.3) is 0 Å². The molecule has 0 spiro atoms. The number of hydrogen-bond donors (Lipinski definition) is 1. The van der Waals surface area contributed by atoms with E-state index < -0.39 is 12.1 Å². The largest absolute Gasteiger partial charge is 0.459 e. The molecule has 0 aliphatic carbocycles. The summed E-state index contributed by atoms with van der Waals surface area (Å²) in [6, 6.07) is 0. The predicted octanol–water partition coefficient (Wildman–Crippen LogP) is 2.65. The third-order valence-electron chi connectivity index (χ3n) is 3.86. The fraction of sp³-hybridized carbons (Fsp3) is 0.533. The number of rotatable bonds is 3. The molecule has 3 nitrogen and oxygen atoms in total. The number of carbonyl (C=O) groups excluding carboxylic acids is 1. The van der Waals surface area contributed by atoms with Crippen LogP contribution in [0, 0.1) is 34.6 Å². The van der Waals surface area contributed by atoms with Crippen LogP contribution < -0.4 is 0 Å². The molecule has 0 unspecified atom stereocenters. The van der Waals surface area contributed by atoms with Gasteiger partial charge in [-0.15, -0.1) is 0 Å². The van der Waals surface area contributed by atoms with Crippen LogP contribution in [-0.4, -0.2) is 17.2 Å². The minimum Gasteiger partial charge on any atom is -0.459 e. The number of benzene rings is 1. The van der Waals surface area contributed by atoms with Crippen molar-refractivity contribution in [2.24, 2.45) is 0 Å². The van der Waals surface area contributed by atoms with Crippen molar-refractivity contribution in [3.63, 3.8) is 0 Å². The molecule has 1 rings (SSSR count). The van der Waals surface area contributed by atoms with E-state index in [4.69, 9.17) is 9.84 Å². The van der Waals surface area contributed by atoms with Crippen molar-refractivity contribution in [3.05, 3.63) is 33.4 Å². The van der Waals surface area contributed by atoms with Gasteiger partial charge in [-0.1, -0.05) is 0 Å². The second-order valence-corrected chi connectivity index (χ2v) is 4.89. The van der Waals surface area contributed by atoms with Gasteiger partial charge in [-0.2, -0.15) is 0 Å². The molecule has 0 saturated carbocycles. The quantitative estimate of drug-likeness (QED) is 0.839. The van der Waals surface area contributed by atoms with Crippen LogP contribution in [0.3, 0.4) is 0 Å². The van der Waals surface area contributed by atoms with E-state index in [1.54, 1.807) is 0 Å². The van der Waals surface area contributed by atoms with Gasteiger partial charge in [0.2, 0.25) is 0 Å². The Labute approximate surface area is 109 Å². The molecule has 0 aromatic heterocycles. The molecule has 0 saturated heterocycles. The van der Waals surface area contributed by atoms with Gasteiger partial charge in [0.15, 0.2) is 0 Å². The molecule has 0 heterocycles. The van der Waals surface area contributed by atoms with Crippen molar-refractivity contribution in [1.82, 2.24) is 0 Å². The van der Waals surface area contributed by atoms with E-state index in [1.807, 2.05) is 13.8 Å². The Balaban J connectivity index is 3.07. The summed E-state index contributed by atoms with van der Waals surface area (Å²) in [5, 5.41) is 9.12. The monoisotopic (exact) mass is 250 g/mol. The predicted molar refractivity (Wildman–Crippen MR) is 71.6 cm³/mol. The summed E-state index contributed by atoms with van der Waals surface area (Å²) in [5.74, 6) is -0.579. The molecular formula is C15H22O3. The molecule has 0 amide bonds. The summed E-state index contributed by atoms with van der Waals surface area (Å²) in [5.41, 5.74) is 7.13. The molecule has 100 valence electrons. The van der Waals surface area contributed by atoms with E-state index in [-0.39, 0.29) is 6.61 Å². The minimum atomic E-state index is -1.07. The van der Waals surface area contributed by atoms with Crippen molar-refractivity contribution in [2.45, 2.75) is 54.3 Å². The van der Waals surface area contributed by atoms with Gasteiger partial charge in [-0.25, -0.2) is 4.79 Å². The standard InChI is InChI=1S/C15H22O3/c1-8-9(2)11(4)14(12(5)10(8)3)7-18-15(17)13(6)16/h13,16H,7H2,1-6H3/t13-/m0/s1. The molecule has 1 aromatic carbocycles. The van der Waals surface area contributed by atoms with E-state index in [0.29, 0.717) is 0 Å². The van der Waals surface area contributed by atoms with Crippen molar-refractivity contribution in [1.29, 1.82) is 0 Å². The molecule has 0 radical (unpaired) electrons. The first-order chi connectivity index (χ1) is 8.27.